The van der Waals surface area contributed by atoms with Gasteiger partial charge in [-0.2, -0.15) is 5.10 Å². The minimum Gasteiger partial charge on any atom is -0.397 e. The molecule has 2 aromatic rings. The summed E-state index contributed by atoms with van der Waals surface area (Å²) in [5.41, 5.74) is 8.83. The monoisotopic (exact) mass is 205 g/mol. The summed E-state index contributed by atoms with van der Waals surface area (Å²) in [6.07, 6.45) is 1.87. The molecule has 0 fully saturated rings. The number of nitrogens with two attached hydrogens (primary N) is 1. The van der Waals surface area contributed by atoms with E-state index < -0.39 is 0 Å². The second-order valence-electron chi connectivity index (χ2n) is 3.55. The van der Waals surface area contributed by atoms with E-state index in [-0.39, 0.29) is 5.82 Å². The molecule has 0 radical (unpaired) electrons. The van der Waals surface area contributed by atoms with Gasteiger partial charge in [0.2, 0.25) is 0 Å². The third kappa shape index (κ3) is 1.70. The average molecular weight is 205 g/mol. The molecule has 0 bridgehead atoms. The van der Waals surface area contributed by atoms with Crippen molar-refractivity contribution in [2.24, 2.45) is 0 Å². The molecular formula is C11H12FN3. The fourth-order valence-corrected chi connectivity index (χ4v) is 1.40. The number of benzene rings is 1. The van der Waals surface area contributed by atoms with Crippen LogP contribution in [0.15, 0.2) is 24.4 Å². The van der Waals surface area contributed by atoms with E-state index in [1.54, 1.807) is 10.7 Å². The molecule has 1 heterocycles. The van der Waals surface area contributed by atoms with Crippen LogP contribution < -0.4 is 5.73 Å². The van der Waals surface area contributed by atoms with Crippen LogP contribution in [-0.4, -0.2) is 9.78 Å². The topological polar surface area (TPSA) is 43.8 Å². The molecule has 4 heteroatoms. The molecular weight excluding hydrogens is 193 g/mol. The summed E-state index contributed by atoms with van der Waals surface area (Å²) < 4.78 is 14.5. The smallest absolute Gasteiger partial charge is 0.125 e. The quantitative estimate of drug-likeness (QED) is 0.725. The summed E-state index contributed by atoms with van der Waals surface area (Å²) in [7, 11) is 0. The van der Waals surface area contributed by atoms with E-state index in [0.29, 0.717) is 11.4 Å². The molecule has 0 saturated carbocycles. The minimum absolute atomic E-state index is 0.336. The summed E-state index contributed by atoms with van der Waals surface area (Å²) in [4.78, 5) is 0. The van der Waals surface area contributed by atoms with E-state index in [2.05, 4.69) is 5.10 Å². The van der Waals surface area contributed by atoms with Gasteiger partial charge in [-0.05, 0) is 37.6 Å². The molecule has 0 aliphatic heterocycles. The number of halogens is 1. The summed E-state index contributed by atoms with van der Waals surface area (Å²) in [5, 5.41) is 4.29. The van der Waals surface area contributed by atoms with E-state index in [4.69, 9.17) is 5.73 Å². The van der Waals surface area contributed by atoms with Crippen molar-refractivity contribution >= 4 is 5.69 Å². The van der Waals surface area contributed by atoms with Crippen LogP contribution >= 0.6 is 0 Å². The van der Waals surface area contributed by atoms with E-state index >= 15 is 0 Å². The maximum Gasteiger partial charge on any atom is 0.125 e. The van der Waals surface area contributed by atoms with E-state index in [9.17, 15) is 4.39 Å². The van der Waals surface area contributed by atoms with E-state index in [1.807, 2.05) is 20.0 Å². The molecule has 0 unspecified atom stereocenters. The second kappa shape index (κ2) is 3.38. The maximum absolute atomic E-state index is 12.8. The zero-order chi connectivity index (χ0) is 11.0. The Bertz CT molecular complexity index is 483. The van der Waals surface area contributed by atoms with Gasteiger partial charge in [-0.1, -0.05) is 0 Å². The zero-order valence-electron chi connectivity index (χ0n) is 8.66. The second-order valence-corrected chi connectivity index (χ2v) is 3.55. The Labute approximate surface area is 87.3 Å². The van der Waals surface area contributed by atoms with Gasteiger partial charge in [0.1, 0.15) is 5.82 Å². The summed E-state index contributed by atoms with van der Waals surface area (Å²) in [5.74, 6) is -0.336. The zero-order valence-corrected chi connectivity index (χ0v) is 8.66. The van der Waals surface area contributed by atoms with E-state index in [1.165, 1.54) is 12.1 Å². The highest BCUT2D eigenvalue weighted by molar-refractivity contribution is 5.57. The predicted molar refractivity (Wildman–Crippen MR) is 57.4 cm³/mol. The van der Waals surface area contributed by atoms with Gasteiger partial charge < -0.3 is 5.73 Å². The minimum atomic E-state index is -0.336. The lowest BCUT2D eigenvalue weighted by molar-refractivity contribution is 0.627. The fourth-order valence-electron chi connectivity index (χ4n) is 1.40. The standard InChI is InChI=1S/C11H12FN3/c1-7-6-15(14-8(7)2)11-4-3-9(12)5-10(11)13/h3-6H,13H2,1-2H3. The van der Waals surface area contributed by atoms with Crippen LogP contribution in [-0.2, 0) is 0 Å². The van der Waals surface area contributed by atoms with Crippen LogP contribution in [0.5, 0.6) is 0 Å². The highest BCUT2D eigenvalue weighted by Gasteiger charge is 2.06. The molecule has 0 aliphatic carbocycles. The predicted octanol–water partition coefficient (Wildman–Crippen LogP) is 2.21. The number of hydrogen-bond acceptors (Lipinski definition) is 2. The molecule has 0 aliphatic rings. The van der Waals surface area contributed by atoms with Gasteiger partial charge in [-0.25, -0.2) is 9.07 Å². The Hall–Kier alpha value is -1.84. The Morgan fingerprint density at radius 2 is 2.07 bits per heavy atom. The fraction of sp³-hybridized carbons (Fsp3) is 0.182. The van der Waals surface area contributed by atoms with Crippen molar-refractivity contribution in [3.05, 3.63) is 41.5 Å². The third-order valence-electron chi connectivity index (χ3n) is 2.38. The molecule has 1 aromatic heterocycles. The number of anilines is 1. The van der Waals surface area contributed by atoms with Crippen molar-refractivity contribution in [1.82, 2.24) is 9.78 Å². The molecule has 78 valence electrons. The van der Waals surface area contributed by atoms with Crippen molar-refractivity contribution in [3.63, 3.8) is 0 Å². The van der Waals surface area contributed by atoms with Crippen molar-refractivity contribution in [2.45, 2.75) is 13.8 Å². The van der Waals surface area contributed by atoms with Crippen molar-refractivity contribution in [2.75, 3.05) is 5.73 Å². The average Bonchev–Trinajstić information content (AvgIpc) is 2.46. The summed E-state index contributed by atoms with van der Waals surface area (Å²) in [6.45, 7) is 3.89. The molecule has 2 N–H and O–H groups in total. The normalized spacial score (nSPS) is 10.6. The van der Waals surface area contributed by atoms with Gasteiger partial charge in [0.15, 0.2) is 0 Å². The van der Waals surface area contributed by atoms with Crippen LogP contribution in [0.25, 0.3) is 5.69 Å². The molecule has 2 rings (SSSR count). The van der Waals surface area contributed by atoms with Crippen LogP contribution in [0.4, 0.5) is 10.1 Å². The van der Waals surface area contributed by atoms with Gasteiger partial charge >= 0.3 is 0 Å². The first-order chi connectivity index (χ1) is 7.08. The largest absolute Gasteiger partial charge is 0.397 e. The lowest BCUT2D eigenvalue weighted by Crippen LogP contribution is -2.00. The van der Waals surface area contributed by atoms with Crippen LogP contribution in [0.3, 0.4) is 0 Å². The molecule has 15 heavy (non-hydrogen) atoms. The highest BCUT2D eigenvalue weighted by atomic mass is 19.1. The number of nitrogens with zero attached hydrogens (tertiary/aromatic N) is 2. The first kappa shape index (κ1) is 9.71. The van der Waals surface area contributed by atoms with Gasteiger partial charge in [0, 0.05) is 6.20 Å². The molecule has 0 saturated heterocycles. The van der Waals surface area contributed by atoms with Crippen molar-refractivity contribution in [3.8, 4) is 5.69 Å². The number of hydrogen-bond donors (Lipinski definition) is 1. The lowest BCUT2D eigenvalue weighted by atomic mass is 10.2. The van der Waals surface area contributed by atoms with Gasteiger partial charge in [-0.15, -0.1) is 0 Å². The Morgan fingerprint density at radius 3 is 2.60 bits per heavy atom. The summed E-state index contributed by atoms with van der Waals surface area (Å²) in [6, 6.07) is 4.29. The number of rotatable bonds is 1. The number of aryl methyl sites for hydroxylation is 2. The van der Waals surface area contributed by atoms with Gasteiger partial charge in [-0.3, -0.25) is 0 Å². The van der Waals surface area contributed by atoms with Gasteiger partial charge in [0.05, 0.1) is 17.1 Å². The van der Waals surface area contributed by atoms with E-state index in [0.717, 1.165) is 11.3 Å². The first-order valence-corrected chi connectivity index (χ1v) is 4.66. The lowest BCUT2D eigenvalue weighted by Gasteiger charge is -2.04. The van der Waals surface area contributed by atoms with Crippen molar-refractivity contribution in [1.29, 1.82) is 0 Å². The number of aromatic nitrogens is 2. The Balaban J connectivity index is 2.54. The van der Waals surface area contributed by atoms with Crippen molar-refractivity contribution < 1.29 is 4.39 Å². The molecule has 0 amide bonds. The summed E-state index contributed by atoms with van der Waals surface area (Å²) >= 11 is 0. The molecule has 1 aromatic carbocycles. The first-order valence-electron chi connectivity index (χ1n) is 4.66. The molecule has 3 nitrogen and oxygen atoms in total. The molecule has 0 atom stereocenters. The Kier molecular flexibility index (Phi) is 2.19. The SMILES string of the molecule is Cc1cn(-c2ccc(F)cc2N)nc1C. The number of nitrogen functional groups attached to an aromatic ring is 1. The van der Waals surface area contributed by atoms with Crippen LogP contribution in [0.2, 0.25) is 0 Å². The van der Waals surface area contributed by atoms with Crippen LogP contribution in [0.1, 0.15) is 11.3 Å². The third-order valence-corrected chi connectivity index (χ3v) is 2.38. The maximum atomic E-state index is 12.8. The van der Waals surface area contributed by atoms with Gasteiger partial charge in [0.25, 0.3) is 0 Å². The highest BCUT2D eigenvalue weighted by Crippen LogP contribution is 2.18. The molecule has 0 spiro atoms. The van der Waals surface area contributed by atoms with Crippen LogP contribution in [0, 0.1) is 19.7 Å². The Morgan fingerprint density at radius 1 is 1.33 bits per heavy atom.